The second-order valence-electron chi connectivity index (χ2n) is 11.7. The number of hydrogen-bond donors (Lipinski definition) is 2. The van der Waals surface area contributed by atoms with E-state index in [-0.39, 0.29) is 40.4 Å². The first kappa shape index (κ1) is 27.4. The highest BCUT2D eigenvalue weighted by molar-refractivity contribution is 6.36. The van der Waals surface area contributed by atoms with Crippen molar-refractivity contribution in [2.75, 3.05) is 51.3 Å². The lowest BCUT2D eigenvalue weighted by Crippen LogP contribution is -2.49. The molecule has 11 heteroatoms. The van der Waals surface area contributed by atoms with Crippen LogP contribution in [0.25, 0.3) is 32.9 Å². The SMILES string of the molecule is COc1nc(-c2cc(O)cc3cccc(Cl)c23)c(F)c2nc(OCC34CCCN3CCC4)nc(N3CCNC(C)C3)c12. The number of benzene rings is 2. The molecule has 0 spiro atoms. The minimum absolute atomic E-state index is 0.0150. The zero-order valence-electron chi connectivity index (χ0n) is 23.8. The number of methoxy groups -OCH3 is 1. The van der Waals surface area contributed by atoms with Crippen molar-refractivity contribution in [2.24, 2.45) is 0 Å². The van der Waals surface area contributed by atoms with Crippen LogP contribution in [0.5, 0.6) is 17.6 Å². The molecular weight excluding hydrogens is 559 g/mol. The zero-order chi connectivity index (χ0) is 29.0. The van der Waals surface area contributed by atoms with Crippen LogP contribution in [-0.2, 0) is 0 Å². The van der Waals surface area contributed by atoms with Crippen LogP contribution in [0.3, 0.4) is 0 Å². The highest BCUT2D eigenvalue weighted by Gasteiger charge is 2.45. The monoisotopic (exact) mass is 592 g/mol. The number of rotatable bonds is 6. The summed E-state index contributed by atoms with van der Waals surface area (Å²) in [7, 11) is 1.50. The molecule has 0 amide bonds. The summed E-state index contributed by atoms with van der Waals surface area (Å²) >= 11 is 6.60. The van der Waals surface area contributed by atoms with Crippen LogP contribution in [0.15, 0.2) is 30.3 Å². The lowest BCUT2D eigenvalue weighted by Gasteiger charge is -2.34. The summed E-state index contributed by atoms with van der Waals surface area (Å²) in [4.78, 5) is 18.8. The molecule has 4 aromatic rings. The molecule has 220 valence electrons. The van der Waals surface area contributed by atoms with Crippen LogP contribution in [-0.4, -0.2) is 83.0 Å². The van der Waals surface area contributed by atoms with Crippen LogP contribution < -0.4 is 19.7 Å². The minimum Gasteiger partial charge on any atom is -0.508 e. The molecule has 2 aromatic carbocycles. The number of halogens is 2. The Kier molecular flexibility index (Phi) is 6.95. The number of phenolic OH excluding ortho intramolecular Hbond substituents is 1. The number of aromatic hydroxyl groups is 1. The third kappa shape index (κ3) is 4.56. The van der Waals surface area contributed by atoms with Crippen LogP contribution >= 0.6 is 11.6 Å². The number of nitrogens with zero attached hydrogens (tertiary/aromatic N) is 5. The normalized spacial score (nSPS) is 20.4. The van der Waals surface area contributed by atoms with Gasteiger partial charge in [0.25, 0.3) is 0 Å². The van der Waals surface area contributed by atoms with Gasteiger partial charge in [0.2, 0.25) is 5.88 Å². The maximum atomic E-state index is 16.8. The van der Waals surface area contributed by atoms with Gasteiger partial charge in [0.05, 0.1) is 12.6 Å². The highest BCUT2D eigenvalue weighted by atomic mass is 35.5. The van der Waals surface area contributed by atoms with Gasteiger partial charge >= 0.3 is 6.01 Å². The summed E-state index contributed by atoms with van der Waals surface area (Å²) in [5.74, 6) is 0.0354. The average molecular weight is 593 g/mol. The van der Waals surface area contributed by atoms with E-state index in [2.05, 4.69) is 32.0 Å². The molecule has 9 nitrogen and oxygen atoms in total. The van der Waals surface area contributed by atoms with Gasteiger partial charge in [-0.3, -0.25) is 4.90 Å². The van der Waals surface area contributed by atoms with E-state index in [9.17, 15) is 5.11 Å². The Labute approximate surface area is 248 Å². The third-order valence-electron chi connectivity index (χ3n) is 9.02. The summed E-state index contributed by atoms with van der Waals surface area (Å²) in [6.45, 7) is 6.81. The number of piperazine rings is 1. The van der Waals surface area contributed by atoms with E-state index < -0.39 is 5.82 Å². The Morgan fingerprint density at radius 3 is 2.69 bits per heavy atom. The van der Waals surface area contributed by atoms with E-state index in [4.69, 9.17) is 26.1 Å². The number of fused-ring (bicyclic) bond motifs is 3. The smallest absolute Gasteiger partial charge is 0.319 e. The van der Waals surface area contributed by atoms with Crippen molar-refractivity contribution < 1.29 is 19.0 Å². The summed E-state index contributed by atoms with van der Waals surface area (Å²) < 4.78 is 28.9. The van der Waals surface area contributed by atoms with Gasteiger partial charge in [-0.1, -0.05) is 23.7 Å². The molecule has 3 fully saturated rings. The summed E-state index contributed by atoms with van der Waals surface area (Å²) in [6, 6.07) is 8.73. The van der Waals surface area contributed by atoms with Gasteiger partial charge in [-0.25, -0.2) is 9.37 Å². The van der Waals surface area contributed by atoms with E-state index in [1.807, 2.05) is 6.07 Å². The lowest BCUT2D eigenvalue weighted by molar-refractivity contribution is 0.108. The second-order valence-corrected chi connectivity index (χ2v) is 12.1. The first-order chi connectivity index (χ1) is 20.4. The number of anilines is 1. The predicted octanol–water partition coefficient (Wildman–Crippen LogP) is 5.16. The molecule has 42 heavy (non-hydrogen) atoms. The van der Waals surface area contributed by atoms with Crippen LogP contribution in [0.1, 0.15) is 32.6 Å². The molecular formula is C31H34ClFN6O3. The molecule has 7 rings (SSSR count). The zero-order valence-corrected chi connectivity index (χ0v) is 24.5. The lowest BCUT2D eigenvalue weighted by atomic mass is 9.95. The van der Waals surface area contributed by atoms with E-state index in [0.29, 0.717) is 52.3 Å². The highest BCUT2D eigenvalue weighted by Crippen LogP contribution is 2.43. The molecule has 2 N–H and O–H groups in total. The maximum absolute atomic E-state index is 16.8. The Bertz CT molecular complexity index is 1680. The van der Waals surface area contributed by atoms with Crippen molar-refractivity contribution in [3.63, 3.8) is 0 Å². The number of nitrogens with one attached hydrogen (secondary N) is 1. The summed E-state index contributed by atoms with van der Waals surface area (Å²) in [5, 5.41) is 16.0. The quantitative estimate of drug-likeness (QED) is 0.315. The van der Waals surface area contributed by atoms with E-state index in [1.165, 1.54) is 13.2 Å². The largest absolute Gasteiger partial charge is 0.508 e. The molecule has 0 aliphatic carbocycles. The molecule has 1 unspecified atom stereocenters. The molecule has 0 bridgehead atoms. The molecule has 0 radical (unpaired) electrons. The van der Waals surface area contributed by atoms with E-state index >= 15 is 4.39 Å². The van der Waals surface area contributed by atoms with E-state index in [0.717, 1.165) is 45.3 Å². The summed E-state index contributed by atoms with van der Waals surface area (Å²) in [6.07, 6.45) is 4.44. The van der Waals surface area contributed by atoms with Crippen molar-refractivity contribution in [1.29, 1.82) is 0 Å². The number of ether oxygens (including phenoxy) is 2. The van der Waals surface area contributed by atoms with Gasteiger partial charge in [-0.05, 0) is 69.3 Å². The van der Waals surface area contributed by atoms with Crippen molar-refractivity contribution in [3.05, 3.63) is 41.2 Å². The topological polar surface area (TPSA) is 95.9 Å². The number of phenols is 1. The Morgan fingerprint density at radius 1 is 1.12 bits per heavy atom. The van der Waals surface area contributed by atoms with Crippen LogP contribution in [0.4, 0.5) is 10.2 Å². The van der Waals surface area contributed by atoms with Gasteiger partial charge in [0, 0.05) is 41.6 Å². The second kappa shape index (κ2) is 10.7. The van der Waals surface area contributed by atoms with Crippen molar-refractivity contribution in [3.8, 4) is 28.9 Å². The third-order valence-corrected chi connectivity index (χ3v) is 9.34. The fraction of sp³-hybridized carbons (Fsp3) is 0.452. The number of pyridine rings is 1. The number of hydrogen-bond acceptors (Lipinski definition) is 9. The molecule has 3 aliphatic heterocycles. The Hall–Kier alpha value is -3.47. The first-order valence-corrected chi connectivity index (χ1v) is 15.0. The van der Waals surface area contributed by atoms with E-state index in [1.54, 1.807) is 18.2 Å². The minimum atomic E-state index is -0.657. The fourth-order valence-electron chi connectivity index (χ4n) is 7.06. The van der Waals surface area contributed by atoms with Crippen molar-refractivity contribution in [2.45, 2.75) is 44.2 Å². The van der Waals surface area contributed by atoms with Crippen molar-refractivity contribution in [1.82, 2.24) is 25.2 Å². The fourth-order valence-corrected chi connectivity index (χ4v) is 7.34. The van der Waals surface area contributed by atoms with Gasteiger partial charge in [-0.2, -0.15) is 9.97 Å². The van der Waals surface area contributed by atoms with Crippen LogP contribution in [0, 0.1) is 5.82 Å². The average Bonchev–Trinajstić information content (AvgIpc) is 3.56. The molecule has 5 heterocycles. The van der Waals surface area contributed by atoms with Gasteiger partial charge in [0.1, 0.15) is 34.8 Å². The molecule has 3 saturated heterocycles. The molecule has 3 aliphatic rings. The first-order valence-electron chi connectivity index (χ1n) is 14.6. The van der Waals surface area contributed by atoms with Crippen LogP contribution in [0.2, 0.25) is 5.02 Å². The molecule has 1 atom stereocenters. The Balaban J connectivity index is 1.42. The van der Waals surface area contributed by atoms with Gasteiger partial charge in [0.15, 0.2) is 5.82 Å². The maximum Gasteiger partial charge on any atom is 0.319 e. The van der Waals surface area contributed by atoms with Crippen molar-refractivity contribution >= 4 is 39.1 Å². The predicted molar refractivity (Wildman–Crippen MR) is 161 cm³/mol. The summed E-state index contributed by atoms with van der Waals surface area (Å²) in [5.41, 5.74) is 0.366. The van der Waals surface area contributed by atoms with Gasteiger partial charge in [-0.15, -0.1) is 0 Å². The Morgan fingerprint density at radius 2 is 1.93 bits per heavy atom. The standard InChI is InChI=1S/C31H34ClFN6O3/c1-18-16-38(13-10-34-18)28-24-27(36-30(37-28)42-17-31-8-4-11-39(31)12-5-9-31)25(33)26(35-29(24)41-2)21-15-20(40)14-19-6-3-7-22(32)23(19)21/h3,6-7,14-15,18,34,40H,4-5,8-13,16-17H2,1-2H3. The molecule has 0 saturated carbocycles. The molecule has 2 aromatic heterocycles. The van der Waals surface area contributed by atoms with Gasteiger partial charge < -0.3 is 24.8 Å². The number of aromatic nitrogens is 3.